The van der Waals surface area contributed by atoms with Crippen molar-refractivity contribution in [2.45, 2.75) is 0 Å². The van der Waals surface area contributed by atoms with E-state index in [2.05, 4.69) is 0 Å². The SMILES string of the molecule is O=C(O)c1cc2c(c(-c3ccc(-c4cc(C(=O)O)cc5c4C(=O)OC5=O)c(-c4cc(C(=O)O)cc5c4C(=O)OC5=O)c3-c3cc(C(=O)O)cc4c3C(=O)OC4=O)c1)C(=O)OC2=O. The lowest BCUT2D eigenvalue weighted by Gasteiger charge is -2.24. The van der Waals surface area contributed by atoms with E-state index in [0.29, 0.717) is 0 Å². The van der Waals surface area contributed by atoms with E-state index in [1.54, 1.807) is 0 Å². The smallest absolute Gasteiger partial charge is 0.347 e. The first kappa shape index (κ1) is 38.1. The highest BCUT2D eigenvalue weighted by atomic mass is 16.6. The van der Waals surface area contributed by atoms with Crippen molar-refractivity contribution in [3.05, 3.63) is 127 Å². The Kier molecular flexibility index (Phi) is 8.00. The number of carbonyl (C=O) groups excluding carboxylic acids is 8. The third-order valence-corrected chi connectivity index (χ3v) is 10.3. The van der Waals surface area contributed by atoms with Crippen LogP contribution in [0.2, 0.25) is 0 Å². The highest BCUT2D eigenvalue weighted by Crippen LogP contribution is 2.52. The van der Waals surface area contributed by atoms with Crippen LogP contribution in [0, 0.1) is 0 Å². The standard InChI is InChI=1S/C42H14O20/c43-31(44)11-3-17(27-21(7-11)35(51)59-39(27)55)15-1-2-16(18-4-12(32(45)46)8-22-28(18)40(56)60-36(22)52)26(20-6-14(34(49)50)10-24-30(20)42(58)62-38(24)54)25(15)19-5-13(33(47)48)9-23-29(19)41(57)61-37(23)53/h1-10H,(H,43,44)(H,45,46)(H,47,48)(H,49,50). The summed E-state index contributed by atoms with van der Waals surface area (Å²) in [6.45, 7) is 0. The van der Waals surface area contributed by atoms with Gasteiger partial charge in [-0.3, -0.25) is 0 Å². The molecule has 0 bridgehead atoms. The topological polar surface area (TPSA) is 323 Å². The number of carboxylic acid groups (broad SMARTS) is 4. The summed E-state index contributed by atoms with van der Waals surface area (Å²) < 4.78 is 19.3. The molecule has 0 saturated heterocycles. The Labute approximate surface area is 340 Å². The first-order valence-electron chi connectivity index (χ1n) is 17.3. The maximum atomic E-state index is 13.7. The van der Waals surface area contributed by atoms with Crippen molar-refractivity contribution in [3.8, 4) is 44.5 Å². The molecule has 0 radical (unpaired) electrons. The fourth-order valence-corrected chi connectivity index (χ4v) is 7.78. The molecule has 4 aliphatic heterocycles. The maximum Gasteiger partial charge on any atom is 0.347 e. The summed E-state index contributed by atoms with van der Waals surface area (Å²) in [6, 6.07) is 8.58. The Hall–Kier alpha value is -9.46. The Balaban J connectivity index is 1.60. The van der Waals surface area contributed by atoms with Gasteiger partial charge in [-0.2, -0.15) is 0 Å². The summed E-state index contributed by atoms with van der Waals surface area (Å²) in [4.78, 5) is 157. The van der Waals surface area contributed by atoms with E-state index in [1.807, 2.05) is 0 Å². The van der Waals surface area contributed by atoms with Crippen molar-refractivity contribution in [1.82, 2.24) is 0 Å². The van der Waals surface area contributed by atoms with Crippen LogP contribution in [0.5, 0.6) is 0 Å². The lowest BCUT2D eigenvalue weighted by molar-refractivity contribution is 0.0425. The fraction of sp³-hybridized carbons (Fsp3) is 0. The summed E-state index contributed by atoms with van der Waals surface area (Å²) in [7, 11) is 0. The molecule has 5 aromatic rings. The molecule has 4 heterocycles. The monoisotopic (exact) mass is 838 g/mol. The van der Waals surface area contributed by atoms with Crippen molar-refractivity contribution in [2.75, 3.05) is 0 Å². The molecule has 0 aliphatic carbocycles. The number of rotatable bonds is 8. The zero-order valence-electron chi connectivity index (χ0n) is 30.1. The van der Waals surface area contributed by atoms with Gasteiger partial charge >= 0.3 is 71.6 Å². The van der Waals surface area contributed by atoms with Gasteiger partial charge < -0.3 is 39.4 Å². The number of cyclic esters (lactones) is 8. The molecule has 9 rings (SSSR count). The van der Waals surface area contributed by atoms with Crippen LogP contribution in [0.15, 0.2) is 60.7 Å². The Morgan fingerprint density at radius 2 is 0.484 bits per heavy atom. The van der Waals surface area contributed by atoms with Crippen LogP contribution in [0.3, 0.4) is 0 Å². The van der Waals surface area contributed by atoms with Crippen LogP contribution in [-0.4, -0.2) is 92.1 Å². The normalized spacial score (nSPS) is 14.5. The van der Waals surface area contributed by atoms with Crippen LogP contribution >= 0.6 is 0 Å². The first-order chi connectivity index (χ1) is 29.4. The molecule has 20 nitrogen and oxygen atoms in total. The van der Waals surface area contributed by atoms with Gasteiger partial charge in [0.15, 0.2) is 0 Å². The van der Waals surface area contributed by atoms with Gasteiger partial charge in [0.1, 0.15) is 0 Å². The molecule has 0 amide bonds. The molecule has 0 fully saturated rings. The van der Waals surface area contributed by atoms with Gasteiger partial charge in [0.2, 0.25) is 0 Å². The van der Waals surface area contributed by atoms with Gasteiger partial charge in [-0.1, -0.05) is 12.1 Å². The average Bonchev–Trinajstić information content (AvgIpc) is 3.90. The Bertz CT molecular complexity index is 3020. The van der Waals surface area contributed by atoms with Crippen molar-refractivity contribution >= 4 is 71.6 Å². The van der Waals surface area contributed by atoms with Gasteiger partial charge in [0.05, 0.1) is 66.8 Å². The van der Waals surface area contributed by atoms with Crippen molar-refractivity contribution in [1.29, 1.82) is 0 Å². The van der Waals surface area contributed by atoms with Crippen LogP contribution in [-0.2, 0) is 18.9 Å². The van der Waals surface area contributed by atoms with E-state index in [4.69, 9.17) is 18.9 Å². The molecular formula is C42H14O20. The number of ether oxygens (including phenoxy) is 4. The molecule has 4 aliphatic rings. The second kappa shape index (κ2) is 13.0. The minimum atomic E-state index is -1.72. The van der Waals surface area contributed by atoms with Crippen LogP contribution in [0.25, 0.3) is 44.5 Å². The van der Waals surface area contributed by atoms with Crippen LogP contribution < -0.4 is 0 Å². The van der Waals surface area contributed by atoms with Gasteiger partial charge in [-0.25, -0.2) is 57.5 Å². The zero-order chi connectivity index (χ0) is 44.4. The highest BCUT2D eigenvalue weighted by molar-refractivity contribution is 6.26. The third-order valence-electron chi connectivity index (χ3n) is 10.3. The summed E-state index contributed by atoms with van der Waals surface area (Å²) in [6.07, 6.45) is 0. The van der Waals surface area contributed by atoms with E-state index in [-0.39, 0.29) is 0 Å². The number of carboxylic acids is 4. The second-order valence-electron chi connectivity index (χ2n) is 13.6. The van der Waals surface area contributed by atoms with Crippen LogP contribution in [0.4, 0.5) is 0 Å². The van der Waals surface area contributed by atoms with E-state index in [9.17, 15) is 78.0 Å². The van der Waals surface area contributed by atoms with Crippen molar-refractivity contribution in [3.63, 3.8) is 0 Å². The molecule has 0 aromatic heterocycles. The van der Waals surface area contributed by atoms with E-state index in [0.717, 1.165) is 60.7 Å². The molecule has 0 unspecified atom stereocenters. The maximum absolute atomic E-state index is 13.7. The molecule has 302 valence electrons. The van der Waals surface area contributed by atoms with Gasteiger partial charge in [0, 0.05) is 0 Å². The predicted octanol–water partition coefficient (Wildman–Crippen LogP) is 4.39. The van der Waals surface area contributed by atoms with E-state index < -0.39 is 183 Å². The lowest BCUT2D eigenvalue weighted by Crippen LogP contribution is -2.10. The zero-order valence-corrected chi connectivity index (χ0v) is 30.1. The average molecular weight is 839 g/mol. The highest BCUT2D eigenvalue weighted by Gasteiger charge is 2.42. The predicted molar refractivity (Wildman–Crippen MR) is 195 cm³/mol. The molecule has 5 aromatic carbocycles. The Morgan fingerprint density at radius 1 is 0.274 bits per heavy atom. The third kappa shape index (κ3) is 5.40. The minimum Gasteiger partial charge on any atom is -0.478 e. The molecule has 62 heavy (non-hydrogen) atoms. The number of hydrogen-bond acceptors (Lipinski definition) is 16. The number of esters is 8. The summed E-state index contributed by atoms with van der Waals surface area (Å²) in [5.41, 5.74) is -12.3. The number of aromatic carboxylic acids is 4. The number of fused-ring (bicyclic) bond motifs is 4. The number of benzene rings is 5. The summed E-state index contributed by atoms with van der Waals surface area (Å²) in [5.74, 6) is -17.7. The van der Waals surface area contributed by atoms with Crippen molar-refractivity contribution < 1.29 is 96.9 Å². The van der Waals surface area contributed by atoms with E-state index >= 15 is 0 Å². The molecule has 0 spiro atoms. The summed E-state index contributed by atoms with van der Waals surface area (Å²) >= 11 is 0. The lowest BCUT2D eigenvalue weighted by atomic mass is 9.77. The molecular weight excluding hydrogens is 824 g/mol. The second-order valence-corrected chi connectivity index (χ2v) is 13.6. The van der Waals surface area contributed by atoms with Gasteiger partial charge in [0.25, 0.3) is 0 Å². The van der Waals surface area contributed by atoms with Crippen LogP contribution in [0.1, 0.15) is 124 Å². The van der Waals surface area contributed by atoms with Gasteiger partial charge in [-0.15, -0.1) is 0 Å². The minimum absolute atomic E-state index is 0.455. The summed E-state index contributed by atoms with van der Waals surface area (Å²) in [5, 5.41) is 40.8. The largest absolute Gasteiger partial charge is 0.478 e. The number of hydrogen-bond donors (Lipinski definition) is 4. The molecule has 4 N–H and O–H groups in total. The van der Waals surface area contributed by atoms with Crippen molar-refractivity contribution in [2.24, 2.45) is 0 Å². The molecule has 0 atom stereocenters. The molecule has 20 heteroatoms. The fourth-order valence-electron chi connectivity index (χ4n) is 7.78. The van der Waals surface area contributed by atoms with E-state index in [1.165, 1.54) is 0 Å². The Morgan fingerprint density at radius 3 is 0.726 bits per heavy atom. The van der Waals surface area contributed by atoms with Gasteiger partial charge in [-0.05, 0) is 93.0 Å². The quantitative estimate of drug-likeness (QED) is 0.0956. The molecule has 0 saturated carbocycles. The number of carbonyl (C=O) groups is 12. The first-order valence-corrected chi connectivity index (χ1v) is 17.3.